The third-order valence-electron chi connectivity index (χ3n) is 4.73. The van der Waals surface area contributed by atoms with Gasteiger partial charge in [-0.25, -0.2) is 0 Å². The number of hydrogen-bond acceptors (Lipinski definition) is 3. The van der Waals surface area contributed by atoms with Crippen LogP contribution in [-0.4, -0.2) is 50.6 Å². The van der Waals surface area contributed by atoms with Crippen LogP contribution >= 0.6 is 0 Å². The molecule has 3 rings (SSSR count). The highest BCUT2D eigenvalue weighted by Gasteiger charge is 2.14. The summed E-state index contributed by atoms with van der Waals surface area (Å²) in [4.78, 5) is 16.9. The summed E-state index contributed by atoms with van der Waals surface area (Å²) in [5, 5.41) is 2.93. The monoisotopic (exact) mass is 337 g/mol. The number of carbonyl (C=O) groups is 1. The largest absolute Gasteiger partial charge is 0.369 e. The molecule has 2 aromatic rings. The number of anilines is 1. The summed E-state index contributed by atoms with van der Waals surface area (Å²) in [7, 11) is 2.17. The maximum Gasteiger partial charge on any atom is 0.251 e. The molecule has 1 N–H and O–H groups in total. The molecule has 1 aliphatic rings. The fourth-order valence-corrected chi connectivity index (χ4v) is 3.11. The smallest absolute Gasteiger partial charge is 0.251 e. The molecular formula is C21H27N3O. The van der Waals surface area contributed by atoms with Crippen LogP contribution in [0.15, 0.2) is 48.5 Å². The van der Waals surface area contributed by atoms with Crippen molar-refractivity contribution in [3.05, 3.63) is 54.1 Å². The van der Waals surface area contributed by atoms with Crippen LogP contribution in [0.4, 0.5) is 5.69 Å². The van der Waals surface area contributed by atoms with E-state index in [4.69, 9.17) is 0 Å². The van der Waals surface area contributed by atoms with Gasteiger partial charge in [0.05, 0.1) is 0 Å². The van der Waals surface area contributed by atoms with Crippen molar-refractivity contribution in [2.75, 3.05) is 44.7 Å². The van der Waals surface area contributed by atoms with E-state index in [1.54, 1.807) is 0 Å². The molecule has 0 aromatic heterocycles. The summed E-state index contributed by atoms with van der Waals surface area (Å²) in [5.41, 5.74) is 4.21. The predicted octanol–water partition coefficient (Wildman–Crippen LogP) is 3.25. The molecule has 132 valence electrons. The minimum Gasteiger partial charge on any atom is -0.369 e. The molecule has 0 spiro atoms. The van der Waals surface area contributed by atoms with Gasteiger partial charge in [-0.15, -0.1) is 0 Å². The van der Waals surface area contributed by atoms with Crippen LogP contribution < -0.4 is 10.2 Å². The van der Waals surface area contributed by atoms with Gasteiger partial charge in [-0.1, -0.05) is 31.2 Å². The van der Waals surface area contributed by atoms with Crippen LogP contribution in [0, 0.1) is 0 Å². The molecule has 4 nitrogen and oxygen atoms in total. The van der Waals surface area contributed by atoms with Crippen LogP contribution in [0.25, 0.3) is 11.1 Å². The highest BCUT2D eigenvalue weighted by atomic mass is 16.1. The molecule has 1 fully saturated rings. The second-order valence-electron chi connectivity index (χ2n) is 6.67. The first-order chi connectivity index (χ1) is 12.2. The van der Waals surface area contributed by atoms with E-state index in [9.17, 15) is 4.79 Å². The number of hydrogen-bond donors (Lipinski definition) is 1. The van der Waals surface area contributed by atoms with Crippen LogP contribution in [-0.2, 0) is 0 Å². The van der Waals surface area contributed by atoms with Gasteiger partial charge in [-0.05, 0) is 48.9 Å². The van der Waals surface area contributed by atoms with Crippen molar-refractivity contribution in [2.24, 2.45) is 0 Å². The Morgan fingerprint density at radius 3 is 2.40 bits per heavy atom. The predicted molar refractivity (Wildman–Crippen MR) is 104 cm³/mol. The lowest BCUT2D eigenvalue weighted by Crippen LogP contribution is -2.44. The van der Waals surface area contributed by atoms with Gasteiger partial charge in [0.25, 0.3) is 5.91 Å². The summed E-state index contributed by atoms with van der Waals surface area (Å²) >= 11 is 0. The molecular weight excluding hydrogens is 310 g/mol. The molecule has 25 heavy (non-hydrogen) atoms. The van der Waals surface area contributed by atoms with Gasteiger partial charge in [-0.3, -0.25) is 4.79 Å². The Morgan fingerprint density at radius 1 is 1.00 bits per heavy atom. The second-order valence-corrected chi connectivity index (χ2v) is 6.67. The molecule has 0 atom stereocenters. The van der Waals surface area contributed by atoms with Crippen LogP contribution in [0.3, 0.4) is 0 Å². The van der Waals surface area contributed by atoms with Crippen LogP contribution in [0.1, 0.15) is 23.7 Å². The first-order valence-corrected chi connectivity index (χ1v) is 9.09. The van der Waals surface area contributed by atoms with Gasteiger partial charge in [0.2, 0.25) is 0 Å². The van der Waals surface area contributed by atoms with Crippen molar-refractivity contribution in [1.82, 2.24) is 10.2 Å². The Bertz CT molecular complexity index is 703. The number of nitrogens with one attached hydrogen (secondary N) is 1. The van der Waals surface area contributed by atoms with Crippen LogP contribution in [0.2, 0.25) is 0 Å². The first-order valence-electron chi connectivity index (χ1n) is 9.09. The zero-order valence-electron chi connectivity index (χ0n) is 15.2. The number of piperazine rings is 1. The molecule has 4 heteroatoms. The highest BCUT2D eigenvalue weighted by Crippen LogP contribution is 2.24. The van der Waals surface area contributed by atoms with E-state index in [0.717, 1.165) is 43.7 Å². The van der Waals surface area contributed by atoms with E-state index in [1.165, 1.54) is 5.69 Å². The van der Waals surface area contributed by atoms with Crippen molar-refractivity contribution in [3.63, 3.8) is 0 Å². The summed E-state index contributed by atoms with van der Waals surface area (Å²) in [6.45, 7) is 7.13. The van der Waals surface area contributed by atoms with Gasteiger partial charge in [0.1, 0.15) is 0 Å². The minimum atomic E-state index is -0.00208. The van der Waals surface area contributed by atoms with E-state index in [0.29, 0.717) is 12.1 Å². The normalized spacial score (nSPS) is 15.2. The molecule has 2 aromatic carbocycles. The standard InChI is InChI=1S/C21H27N3O/c1-3-11-22-21(25)19-6-4-5-18(16-19)17-7-9-20(10-8-17)24-14-12-23(2)13-15-24/h4-10,16H,3,11-15H2,1-2H3,(H,22,25). The van der Waals surface area contributed by atoms with Crippen molar-refractivity contribution < 1.29 is 4.79 Å². The van der Waals surface area contributed by atoms with Crippen molar-refractivity contribution in [2.45, 2.75) is 13.3 Å². The van der Waals surface area contributed by atoms with Crippen molar-refractivity contribution in [1.29, 1.82) is 0 Å². The maximum atomic E-state index is 12.2. The Kier molecular flexibility index (Phi) is 5.71. The molecule has 0 saturated carbocycles. The van der Waals surface area contributed by atoms with Crippen molar-refractivity contribution in [3.8, 4) is 11.1 Å². The van der Waals surface area contributed by atoms with Gasteiger partial charge in [0.15, 0.2) is 0 Å². The molecule has 1 amide bonds. The number of rotatable bonds is 5. The van der Waals surface area contributed by atoms with Crippen molar-refractivity contribution >= 4 is 11.6 Å². The number of carbonyl (C=O) groups excluding carboxylic acids is 1. The quantitative estimate of drug-likeness (QED) is 0.910. The number of benzene rings is 2. The summed E-state index contributed by atoms with van der Waals surface area (Å²) in [6, 6.07) is 16.5. The van der Waals surface area contributed by atoms with E-state index in [1.807, 2.05) is 18.2 Å². The highest BCUT2D eigenvalue weighted by molar-refractivity contribution is 5.95. The molecule has 0 bridgehead atoms. The van der Waals surface area contributed by atoms with E-state index in [2.05, 4.69) is 59.4 Å². The fourth-order valence-electron chi connectivity index (χ4n) is 3.11. The number of likely N-dealkylation sites (N-methyl/N-ethyl adjacent to an activating group) is 1. The van der Waals surface area contributed by atoms with E-state index >= 15 is 0 Å². The molecule has 0 unspecified atom stereocenters. The van der Waals surface area contributed by atoms with E-state index in [-0.39, 0.29) is 5.91 Å². The third kappa shape index (κ3) is 4.40. The summed E-state index contributed by atoms with van der Waals surface area (Å²) in [5.74, 6) is -0.00208. The lowest BCUT2D eigenvalue weighted by Gasteiger charge is -2.34. The molecule has 0 radical (unpaired) electrons. The Balaban J connectivity index is 1.73. The average molecular weight is 337 g/mol. The Morgan fingerprint density at radius 2 is 1.72 bits per heavy atom. The lowest BCUT2D eigenvalue weighted by molar-refractivity contribution is 0.0953. The molecule has 1 heterocycles. The maximum absolute atomic E-state index is 12.2. The number of nitrogens with zero attached hydrogens (tertiary/aromatic N) is 2. The summed E-state index contributed by atoms with van der Waals surface area (Å²) < 4.78 is 0. The van der Waals surface area contributed by atoms with Crippen LogP contribution in [0.5, 0.6) is 0 Å². The average Bonchev–Trinajstić information content (AvgIpc) is 2.67. The molecule has 1 saturated heterocycles. The molecule has 1 aliphatic heterocycles. The Hall–Kier alpha value is -2.33. The zero-order chi connectivity index (χ0) is 17.6. The topological polar surface area (TPSA) is 35.6 Å². The van der Waals surface area contributed by atoms with E-state index < -0.39 is 0 Å². The zero-order valence-corrected chi connectivity index (χ0v) is 15.2. The minimum absolute atomic E-state index is 0.00208. The third-order valence-corrected chi connectivity index (χ3v) is 4.73. The van der Waals surface area contributed by atoms with Gasteiger partial charge >= 0.3 is 0 Å². The Labute approximate surface area is 150 Å². The lowest BCUT2D eigenvalue weighted by atomic mass is 10.0. The summed E-state index contributed by atoms with van der Waals surface area (Å²) in [6.07, 6.45) is 0.944. The van der Waals surface area contributed by atoms with Gasteiger partial charge in [0, 0.05) is 44.0 Å². The number of amides is 1. The van der Waals surface area contributed by atoms with Gasteiger partial charge in [-0.2, -0.15) is 0 Å². The fraction of sp³-hybridized carbons (Fsp3) is 0.381. The second kappa shape index (κ2) is 8.17. The SMILES string of the molecule is CCCNC(=O)c1cccc(-c2ccc(N3CCN(C)CC3)cc2)c1. The first kappa shape index (κ1) is 17.5. The van der Waals surface area contributed by atoms with Gasteiger partial charge < -0.3 is 15.1 Å². The molecule has 0 aliphatic carbocycles.